The summed E-state index contributed by atoms with van der Waals surface area (Å²) >= 11 is 0. The quantitative estimate of drug-likeness (QED) is 0.316. The molecule has 4 nitrogen and oxygen atoms in total. The van der Waals surface area contributed by atoms with Crippen molar-refractivity contribution in [1.29, 1.82) is 0 Å². The van der Waals surface area contributed by atoms with E-state index in [1.807, 2.05) is 24.3 Å². The predicted molar refractivity (Wildman–Crippen MR) is 134 cm³/mol. The highest BCUT2D eigenvalue weighted by atomic mass is 16.1. The number of fused-ring (bicyclic) bond motifs is 2. The lowest BCUT2D eigenvalue weighted by Gasteiger charge is -2.28. The van der Waals surface area contributed by atoms with E-state index in [9.17, 15) is 9.59 Å². The highest BCUT2D eigenvalue weighted by Gasteiger charge is 2.34. The number of anilines is 2. The fourth-order valence-corrected chi connectivity index (χ4v) is 4.87. The normalized spacial score (nSPS) is 12.8. The van der Waals surface area contributed by atoms with Gasteiger partial charge < -0.3 is 10.6 Å². The monoisotopic (exact) mass is 434 g/mol. The van der Waals surface area contributed by atoms with Gasteiger partial charge in [-0.3, -0.25) is 9.59 Å². The first-order valence-electron chi connectivity index (χ1n) is 12.4. The summed E-state index contributed by atoms with van der Waals surface area (Å²) < 4.78 is 0. The van der Waals surface area contributed by atoms with Crippen LogP contribution in [-0.2, 0) is 0 Å². The van der Waals surface area contributed by atoms with Gasteiger partial charge in [0, 0.05) is 34.6 Å². The summed E-state index contributed by atoms with van der Waals surface area (Å²) in [6.45, 7) is 8.72. The van der Waals surface area contributed by atoms with Gasteiger partial charge in [-0.1, -0.05) is 77.6 Å². The molecule has 2 aromatic carbocycles. The molecular weight excluding hydrogens is 396 g/mol. The van der Waals surface area contributed by atoms with Gasteiger partial charge in [-0.15, -0.1) is 0 Å². The fraction of sp³-hybridized carbons (Fsp3) is 0.500. The van der Waals surface area contributed by atoms with Crippen molar-refractivity contribution in [3.05, 3.63) is 58.7 Å². The molecule has 4 heteroatoms. The maximum absolute atomic E-state index is 13.6. The zero-order valence-electron chi connectivity index (χ0n) is 20.1. The summed E-state index contributed by atoms with van der Waals surface area (Å²) in [6.07, 6.45) is 8.45. The average molecular weight is 435 g/mol. The fourth-order valence-electron chi connectivity index (χ4n) is 4.87. The van der Waals surface area contributed by atoms with Crippen LogP contribution in [0, 0.1) is 0 Å². The van der Waals surface area contributed by atoms with Crippen LogP contribution in [0.1, 0.15) is 111 Å². The van der Waals surface area contributed by atoms with Gasteiger partial charge in [0.25, 0.3) is 0 Å². The average Bonchev–Trinajstić information content (AvgIpc) is 2.79. The van der Waals surface area contributed by atoms with E-state index >= 15 is 0 Å². The minimum absolute atomic E-state index is 0.0596. The Kier molecular flexibility index (Phi) is 8.49. The number of hydrogen-bond donors (Lipinski definition) is 2. The molecule has 0 atom stereocenters. The molecule has 3 rings (SSSR count). The highest BCUT2D eigenvalue weighted by molar-refractivity contribution is 6.31. The van der Waals surface area contributed by atoms with Gasteiger partial charge in [0.2, 0.25) is 0 Å². The molecular formula is C28H38N2O2. The molecule has 2 N–H and O–H groups in total. The molecule has 1 aliphatic rings. The van der Waals surface area contributed by atoms with Gasteiger partial charge in [-0.25, -0.2) is 0 Å². The Labute approximate surface area is 193 Å². The van der Waals surface area contributed by atoms with E-state index in [-0.39, 0.29) is 11.6 Å². The third kappa shape index (κ3) is 5.06. The number of carbonyl (C=O) groups excluding carboxylic acids is 2. The number of ketones is 2. The molecule has 0 saturated carbocycles. The number of carbonyl (C=O) groups is 2. The lowest BCUT2D eigenvalue weighted by molar-refractivity contribution is 0.0980. The lowest BCUT2D eigenvalue weighted by Crippen LogP contribution is -2.28. The molecule has 0 amide bonds. The SMILES string of the molecule is CCCC(CCC)Nc1ccc(NC(CCC)CCC)c2c1C(=O)c1ccccc1C2=O. The van der Waals surface area contributed by atoms with Crippen molar-refractivity contribution in [2.45, 2.75) is 91.1 Å². The Bertz CT molecular complexity index is 862. The zero-order valence-corrected chi connectivity index (χ0v) is 20.1. The van der Waals surface area contributed by atoms with Gasteiger partial charge in [0.15, 0.2) is 11.6 Å². The van der Waals surface area contributed by atoms with Crippen LogP contribution >= 0.6 is 0 Å². The van der Waals surface area contributed by atoms with Gasteiger partial charge in [-0.05, 0) is 37.8 Å². The van der Waals surface area contributed by atoms with E-state index in [1.165, 1.54) is 0 Å². The van der Waals surface area contributed by atoms with Crippen molar-refractivity contribution in [3.8, 4) is 0 Å². The molecule has 0 unspecified atom stereocenters. The second kappa shape index (κ2) is 11.3. The van der Waals surface area contributed by atoms with Crippen LogP contribution in [0.3, 0.4) is 0 Å². The lowest BCUT2D eigenvalue weighted by atomic mass is 9.82. The van der Waals surface area contributed by atoms with E-state index in [4.69, 9.17) is 0 Å². The standard InChI is InChI=1S/C28H38N2O2/c1-5-11-19(12-6-2)29-23-17-18-24(30-20(13-7-3)14-8-4)26-25(23)27(31)21-15-9-10-16-22(21)28(26)32/h9-10,15-20,29-30H,5-8,11-14H2,1-4H3. The van der Waals surface area contributed by atoms with Crippen molar-refractivity contribution in [3.63, 3.8) is 0 Å². The summed E-state index contributed by atoms with van der Waals surface area (Å²) in [5, 5.41) is 7.24. The largest absolute Gasteiger partial charge is 0.382 e. The molecule has 32 heavy (non-hydrogen) atoms. The van der Waals surface area contributed by atoms with Crippen LogP contribution in [0.15, 0.2) is 36.4 Å². The van der Waals surface area contributed by atoms with Crippen molar-refractivity contribution < 1.29 is 9.59 Å². The van der Waals surface area contributed by atoms with Gasteiger partial charge in [0.05, 0.1) is 11.1 Å². The zero-order chi connectivity index (χ0) is 23.1. The highest BCUT2D eigenvalue weighted by Crippen LogP contribution is 2.37. The molecule has 0 spiro atoms. The summed E-state index contributed by atoms with van der Waals surface area (Å²) in [6, 6.07) is 11.8. The molecule has 1 aliphatic carbocycles. The molecule has 0 heterocycles. The topological polar surface area (TPSA) is 58.2 Å². The second-order valence-electron chi connectivity index (χ2n) is 8.95. The molecule has 0 radical (unpaired) electrons. The Morgan fingerprint density at radius 2 is 0.938 bits per heavy atom. The molecule has 2 aromatic rings. The first-order chi connectivity index (χ1) is 15.5. The number of hydrogen-bond acceptors (Lipinski definition) is 4. The number of benzene rings is 2. The molecule has 0 fully saturated rings. The summed E-state index contributed by atoms with van der Waals surface area (Å²) in [5.74, 6) is -0.119. The van der Waals surface area contributed by atoms with Gasteiger partial charge >= 0.3 is 0 Å². The van der Waals surface area contributed by atoms with Crippen molar-refractivity contribution in [1.82, 2.24) is 0 Å². The Morgan fingerprint density at radius 1 is 0.594 bits per heavy atom. The van der Waals surface area contributed by atoms with E-state index < -0.39 is 0 Å². The third-order valence-corrected chi connectivity index (χ3v) is 6.34. The van der Waals surface area contributed by atoms with Gasteiger partial charge in [0.1, 0.15) is 0 Å². The first kappa shape index (κ1) is 24.0. The van der Waals surface area contributed by atoms with E-state index in [2.05, 4.69) is 38.3 Å². The summed E-state index contributed by atoms with van der Waals surface area (Å²) in [5.41, 5.74) is 3.64. The first-order valence-corrected chi connectivity index (χ1v) is 12.4. The van der Waals surface area contributed by atoms with Crippen LogP contribution in [0.4, 0.5) is 11.4 Å². The Hall–Kier alpha value is -2.62. The van der Waals surface area contributed by atoms with Crippen molar-refractivity contribution in [2.24, 2.45) is 0 Å². The summed E-state index contributed by atoms with van der Waals surface area (Å²) in [7, 11) is 0. The Balaban J connectivity index is 2.10. The van der Waals surface area contributed by atoms with Crippen LogP contribution in [0.5, 0.6) is 0 Å². The van der Waals surface area contributed by atoms with Crippen LogP contribution in [-0.4, -0.2) is 23.7 Å². The summed E-state index contributed by atoms with van der Waals surface area (Å²) in [4.78, 5) is 27.3. The number of nitrogens with one attached hydrogen (secondary N) is 2. The molecule has 0 aromatic heterocycles. The van der Waals surface area contributed by atoms with E-state index in [0.29, 0.717) is 34.3 Å². The van der Waals surface area contributed by atoms with E-state index in [0.717, 1.165) is 62.7 Å². The minimum atomic E-state index is -0.0596. The minimum Gasteiger partial charge on any atom is -0.382 e. The van der Waals surface area contributed by atoms with Crippen LogP contribution in [0.25, 0.3) is 0 Å². The Morgan fingerprint density at radius 3 is 1.25 bits per heavy atom. The number of rotatable bonds is 12. The van der Waals surface area contributed by atoms with Crippen molar-refractivity contribution in [2.75, 3.05) is 10.6 Å². The third-order valence-electron chi connectivity index (χ3n) is 6.34. The molecule has 172 valence electrons. The maximum Gasteiger partial charge on any atom is 0.196 e. The van der Waals surface area contributed by atoms with E-state index in [1.54, 1.807) is 12.1 Å². The second-order valence-corrected chi connectivity index (χ2v) is 8.95. The van der Waals surface area contributed by atoms with Crippen LogP contribution in [0.2, 0.25) is 0 Å². The van der Waals surface area contributed by atoms with Gasteiger partial charge in [-0.2, -0.15) is 0 Å². The molecule has 0 aliphatic heterocycles. The van der Waals surface area contributed by atoms with Crippen molar-refractivity contribution >= 4 is 22.9 Å². The smallest absolute Gasteiger partial charge is 0.196 e. The predicted octanol–water partition coefficient (Wildman–Crippen LogP) is 7.22. The molecule has 0 bridgehead atoms. The molecule has 0 saturated heterocycles. The maximum atomic E-state index is 13.6. The van der Waals surface area contributed by atoms with Crippen LogP contribution < -0.4 is 10.6 Å².